The summed E-state index contributed by atoms with van der Waals surface area (Å²) in [4.78, 5) is 45.0. The first kappa shape index (κ1) is 35.6. The third kappa shape index (κ3) is 7.17. The topological polar surface area (TPSA) is 138 Å². The summed E-state index contributed by atoms with van der Waals surface area (Å²) in [6.45, 7) is 5.46. The molecule has 0 radical (unpaired) electrons. The van der Waals surface area contributed by atoms with Crippen LogP contribution in [-0.4, -0.2) is 43.4 Å². The van der Waals surface area contributed by atoms with Crippen molar-refractivity contribution in [2.24, 2.45) is 4.99 Å². The van der Waals surface area contributed by atoms with Crippen LogP contribution in [-0.2, 0) is 25.7 Å². The summed E-state index contributed by atoms with van der Waals surface area (Å²) in [6.07, 6.45) is 1.79. The molecule has 0 N–H and O–H groups in total. The van der Waals surface area contributed by atoms with E-state index in [4.69, 9.17) is 28.7 Å². The van der Waals surface area contributed by atoms with E-state index in [-0.39, 0.29) is 37.6 Å². The van der Waals surface area contributed by atoms with Gasteiger partial charge in [0.05, 0.1) is 53.8 Å². The number of aromatic nitrogens is 1. The van der Waals surface area contributed by atoms with Gasteiger partial charge in [-0.25, -0.2) is 14.6 Å². The molecule has 0 unspecified atom stereocenters. The zero-order valence-corrected chi connectivity index (χ0v) is 29.8. The molecule has 0 spiro atoms. The number of hydrogen-bond acceptors (Lipinski definition) is 11. The Balaban J connectivity index is 1.51. The normalized spacial score (nSPS) is 13.9. The van der Waals surface area contributed by atoms with Gasteiger partial charge in [0.25, 0.3) is 5.56 Å². The van der Waals surface area contributed by atoms with Crippen molar-refractivity contribution in [1.29, 1.82) is 5.26 Å². The number of ether oxygens (including phenoxy) is 5. The van der Waals surface area contributed by atoms with Gasteiger partial charge in [0, 0.05) is 11.1 Å². The number of nitrogens with zero attached hydrogens (tertiary/aromatic N) is 3. The van der Waals surface area contributed by atoms with Crippen LogP contribution in [0.2, 0.25) is 0 Å². The second kappa shape index (κ2) is 15.8. The molecule has 0 aliphatic carbocycles. The predicted octanol–water partition coefficient (Wildman–Crippen LogP) is 5.35. The average Bonchev–Trinajstić information content (AvgIpc) is 3.46. The van der Waals surface area contributed by atoms with Crippen LogP contribution in [0.1, 0.15) is 49.1 Å². The van der Waals surface area contributed by atoms with Crippen molar-refractivity contribution in [3.8, 4) is 23.3 Å². The van der Waals surface area contributed by atoms with Crippen LogP contribution >= 0.6 is 11.3 Å². The molecule has 4 aromatic carbocycles. The number of carbonyl (C=O) groups is 2. The molecule has 2 heterocycles. The molecular weight excluding hydrogens is 683 g/mol. The highest BCUT2D eigenvalue weighted by molar-refractivity contribution is 7.07. The van der Waals surface area contributed by atoms with Gasteiger partial charge < -0.3 is 23.7 Å². The van der Waals surface area contributed by atoms with Gasteiger partial charge in [0.15, 0.2) is 22.9 Å². The molecule has 12 heteroatoms. The third-order valence-corrected chi connectivity index (χ3v) is 9.38. The van der Waals surface area contributed by atoms with Gasteiger partial charge in [0.2, 0.25) is 0 Å². The molecule has 0 saturated heterocycles. The zero-order chi connectivity index (χ0) is 36.8. The van der Waals surface area contributed by atoms with E-state index in [0.717, 1.165) is 16.3 Å². The van der Waals surface area contributed by atoms with Gasteiger partial charge in [-0.1, -0.05) is 65.9 Å². The van der Waals surface area contributed by atoms with E-state index in [1.165, 1.54) is 23.0 Å². The molecule has 1 aliphatic heterocycles. The van der Waals surface area contributed by atoms with Crippen molar-refractivity contribution >= 4 is 40.1 Å². The smallest absolute Gasteiger partial charge is 0.343 e. The first-order valence-electron chi connectivity index (χ1n) is 16.6. The number of carbonyl (C=O) groups excluding carboxylic acids is 2. The number of fused-ring (bicyclic) bond motifs is 2. The molecular formula is C40H35N3O8S. The van der Waals surface area contributed by atoms with E-state index in [9.17, 15) is 19.6 Å². The fraction of sp³-hybridized carbons (Fsp3) is 0.225. The number of benzene rings is 4. The maximum atomic E-state index is 14.6. The van der Waals surface area contributed by atoms with E-state index in [0.29, 0.717) is 49.0 Å². The molecule has 6 rings (SSSR count). The molecule has 264 valence electrons. The van der Waals surface area contributed by atoms with Crippen LogP contribution in [0.25, 0.3) is 16.8 Å². The van der Waals surface area contributed by atoms with Crippen LogP contribution < -0.4 is 29.1 Å². The molecule has 0 fully saturated rings. The number of hydrogen-bond donors (Lipinski definition) is 0. The van der Waals surface area contributed by atoms with Crippen LogP contribution in [0.5, 0.6) is 17.2 Å². The Morgan fingerprint density at radius 1 is 0.942 bits per heavy atom. The lowest BCUT2D eigenvalue weighted by atomic mass is 9.95. The monoisotopic (exact) mass is 717 g/mol. The highest BCUT2D eigenvalue weighted by atomic mass is 32.1. The van der Waals surface area contributed by atoms with Gasteiger partial charge in [-0.15, -0.1) is 0 Å². The molecule has 0 bridgehead atoms. The van der Waals surface area contributed by atoms with Crippen LogP contribution in [0, 0.1) is 11.3 Å². The fourth-order valence-electron chi connectivity index (χ4n) is 5.98. The molecule has 0 amide bonds. The van der Waals surface area contributed by atoms with Gasteiger partial charge >= 0.3 is 11.9 Å². The quantitative estimate of drug-likeness (QED) is 0.156. The lowest BCUT2D eigenvalue weighted by Gasteiger charge is -2.25. The highest BCUT2D eigenvalue weighted by Gasteiger charge is 2.34. The Hall–Kier alpha value is -6.19. The Morgan fingerprint density at radius 2 is 1.71 bits per heavy atom. The Kier molecular flexibility index (Phi) is 10.8. The largest absolute Gasteiger partial charge is 0.490 e. The predicted molar refractivity (Wildman–Crippen MR) is 195 cm³/mol. The van der Waals surface area contributed by atoms with Crippen LogP contribution in [0.3, 0.4) is 0 Å². The minimum atomic E-state index is -0.919. The standard InChI is InChI=1S/C40H35N3O8S/c1-5-48-33-19-26(16-18-32(33)51-23-35(44)47-4)37-36(39(46)49-6-2)24(3)42-40-43(37)38(45)34(52-40)20-30-29-14-10-9-11-25(29)15-17-31(30)50-22-28-13-8-7-12-27(28)21-41/h7-20,37H,5-6,22-23H2,1-4H3/b34-20+/t37-/m1/s1. The summed E-state index contributed by atoms with van der Waals surface area (Å²) in [7, 11) is 1.27. The minimum absolute atomic E-state index is 0.125. The Labute approximate surface area is 303 Å². The van der Waals surface area contributed by atoms with Crippen molar-refractivity contribution in [2.45, 2.75) is 33.4 Å². The second-order valence-electron chi connectivity index (χ2n) is 11.6. The first-order valence-corrected chi connectivity index (χ1v) is 17.4. The van der Waals surface area contributed by atoms with Gasteiger partial charge in [-0.3, -0.25) is 9.36 Å². The van der Waals surface area contributed by atoms with Crippen molar-refractivity contribution in [3.05, 3.63) is 132 Å². The highest BCUT2D eigenvalue weighted by Crippen LogP contribution is 2.37. The number of nitriles is 1. The van der Waals surface area contributed by atoms with Gasteiger partial charge in [-0.2, -0.15) is 5.26 Å². The van der Waals surface area contributed by atoms with Crippen molar-refractivity contribution < 1.29 is 33.3 Å². The summed E-state index contributed by atoms with van der Waals surface area (Å²) in [5, 5.41) is 11.4. The molecule has 52 heavy (non-hydrogen) atoms. The molecule has 11 nitrogen and oxygen atoms in total. The van der Waals surface area contributed by atoms with E-state index in [2.05, 4.69) is 6.07 Å². The fourth-order valence-corrected chi connectivity index (χ4v) is 7.01. The van der Waals surface area contributed by atoms with Crippen LogP contribution in [0.4, 0.5) is 0 Å². The second-order valence-corrected chi connectivity index (χ2v) is 12.6. The Morgan fingerprint density at radius 3 is 2.48 bits per heavy atom. The lowest BCUT2D eigenvalue weighted by molar-refractivity contribution is -0.143. The number of esters is 2. The number of methoxy groups -OCH3 is 1. The number of allylic oxidation sites excluding steroid dienone is 1. The molecule has 1 aliphatic rings. The first-order chi connectivity index (χ1) is 25.3. The summed E-state index contributed by atoms with van der Waals surface area (Å²) in [5.74, 6) is -0.0221. The zero-order valence-electron chi connectivity index (χ0n) is 29.0. The maximum absolute atomic E-state index is 14.6. The van der Waals surface area contributed by atoms with Crippen molar-refractivity contribution in [2.75, 3.05) is 26.9 Å². The lowest BCUT2D eigenvalue weighted by Crippen LogP contribution is -2.40. The summed E-state index contributed by atoms with van der Waals surface area (Å²) >= 11 is 1.19. The molecule has 5 aromatic rings. The van der Waals surface area contributed by atoms with E-state index < -0.39 is 18.0 Å². The number of rotatable bonds is 12. The SMILES string of the molecule is CCOC(=O)C1=C(C)N=c2s/c(=C/c3c(OCc4ccccc4C#N)ccc4ccccc34)c(=O)n2[C@@H]1c1ccc(OCC(=O)OC)c(OCC)c1. The maximum Gasteiger partial charge on any atom is 0.343 e. The van der Waals surface area contributed by atoms with Crippen molar-refractivity contribution in [3.63, 3.8) is 0 Å². The molecule has 0 saturated carbocycles. The van der Waals surface area contributed by atoms with Crippen molar-refractivity contribution in [1.82, 2.24) is 4.57 Å². The molecule has 1 aromatic heterocycles. The van der Waals surface area contributed by atoms with E-state index >= 15 is 0 Å². The van der Waals surface area contributed by atoms with Gasteiger partial charge in [0.1, 0.15) is 12.4 Å². The third-order valence-electron chi connectivity index (χ3n) is 8.40. The average molecular weight is 718 g/mol. The van der Waals surface area contributed by atoms with Gasteiger partial charge in [-0.05, 0) is 67.4 Å². The summed E-state index contributed by atoms with van der Waals surface area (Å²) in [5.41, 5.74) is 2.72. The van der Waals surface area contributed by atoms with E-state index in [1.54, 1.807) is 50.3 Å². The minimum Gasteiger partial charge on any atom is -0.490 e. The van der Waals surface area contributed by atoms with E-state index in [1.807, 2.05) is 55.5 Å². The summed E-state index contributed by atoms with van der Waals surface area (Å²) in [6, 6.07) is 25.1. The Bertz CT molecular complexity index is 2440. The molecule has 1 atom stereocenters. The number of thiazole rings is 1. The summed E-state index contributed by atoms with van der Waals surface area (Å²) < 4.78 is 29.9. The van der Waals surface area contributed by atoms with Crippen LogP contribution in [0.15, 0.2) is 99.9 Å².